The van der Waals surface area contributed by atoms with Gasteiger partial charge in [-0.25, -0.2) is 22.3 Å². The molecule has 0 unspecified atom stereocenters. The van der Waals surface area contributed by atoms with Gasteiger partial charge in [0.25, 0.3) is 10.0 Å². The van der Waals surface area contributed by atoms with Crippen LogP contribution in [0.4, 0.5) is 10.5 Å². The van der Waals surface area contributed by atoms with Crippen LogP contribution in [0.5, 0.6) is 0 Å². The maximum absolute atomic E-state index is 14.1. The molecule has 1 saturated heterocycles. The standard InChI is InChI=1S/C25H24N2O6S/c1-32-23(28)25-16-13-12-15(14-16)21(25)20-18-10-6-7-11-19(18)27(22(20)26(25)24(29)33-2)34(30,31)17-8-4-3-5-9-17/h3-13,15-16,20-22H,14H2,1-2H3/t15-,16+,20+,21+,22+,25+/m1/s1. The number of fused-ring (bicyclic) bond motifs is 9. The lowest BCUT2D eigenvalue weighted by Gasteiger charge is -2.43. The van der Waals surface area contributed by atoms with E-state index >= 15 is 0 Å². The van der Waals surface area contributed by atoms with Gasteiger partial charge in [0.15, 0.2) is 5.54 Å². The molecule has 9 heteroatoms. The van der Waals surface area contributed by atoms with Gasteiger partial charge in [0.1, 0.15) is 6.17 Å². The predicted molar refractivity (Wildman–Crippen MR) is 122 cm³/mol. The summed E-state index contributed by atoms with van der Waals surface area (Å²) < 4.78 is 39.9. The minimum absolute atomic E-state index is 0.0127. The van der Waals surface area contributed by atoms with Gasteiger partial charge in [-0.2, -0.15) is 0 Å². The first-order chi connectivity index (χ1) is 16.4. The number of anilines is 1. The van der Waals surface area contributed by atoms with Crippen LogP contribution in [0.25, 0.3) is 0 Å². The Balaban J connectivity index is 1.64. The molecule has 4 aliphatic rings. The number of esters is 1. The minimum atomic E-state index is -4.07. The molecule has 2 aliphatic heterocycles. The lowest BCUT2D eigenvalue weighted by Crippen LogP contribution is -2.63. The van der Waals surface area contributed by atoms with Crippen LogP contribution >= 0.6 is 0 Å². The number of sulfonamides is 1. The van der Waals surface area contributed by atoms with E-state index in [0.717, 1.165) is 5.56 Å². The van der Waals surface area contributed by atoms with Gasteiger partial charge in [-0.15, -0.1) is 0 Å². The van der Waals surface area contributed by atoms with Crippen molar-refractivity contribution in [1.29, 1.82) is 0 Å². The fraction of sp³-hybridized carbons (Fsp3) is 0.360. The highest BCUT2D eigenvalue weighted by molar-refractivity contribution is 7.92. The number of para-hydroxylation sites is 1. The third-order valence-corrected chi connectivity index (χ3v) is 9.78. The molecule has 6 atom stereocenters. The Morgan fingerprint density at radius 3 is 2.38 bits per heavy atom. The summed E-state index contributed by atoms with van der Waals surface area (Å²) in [6, 6.07) is 15.4. The van der Waals surface area contributed by atoms with Gasteiger partial charge < -0.3 is 9.47 Å². The van der Waals surface area contributed by atoms with E-state index < -0.39 is 39.7 Å². The lowest BCUT2D eigenvalue weighted by atomic mass is 9.71. The van der Waals surface area contributed by atoms with Gasteiger partial charge >= 0.3 is 12.1 Å². The van der Waals surface area contributed by atoms with Crippen molar-refractivity contribution in [3.05, 3.63) is 72.3 Å². The highest BCUT2D eigenvalue weighted by Gasteiger charge is 2.77. The zero-order chi connectivity index (χ0) is 23.8. The van der Waals surface area contributed by atoms with Crippen LogP contribution < -0.4 is 4.31 Å². The summed E-state index contributed by atoms with van der Waals surface area (Å²) in [5.41, 5.74) is -0.0210. The normalized spacial score (nSPS) is 32.4. The first-order valence-corrected chi connectivity index (χ1v) is 12.7. The van der Waals surface area contributed by atoms with Crippen molar-refractivity contribution in [3.8, 4) is 0 Å². The first kappa shape index (κ1) is 21.2. The number of benzene rings is 2. The number of allylic oxidation sites excluding steroid dienone is 1. The van der Waals surface area contributed by atoms with Crippen LogP contribution in [0.2, 0.25) is 0 Å². The molecule has 2 bridgehead atoms. The molecule has 2 aromatic rings. The maximum atomic E-state index is 14.1. The van der Waals surface area contributed by atoms with Crippen LogP contribution in [0.1, 0.15) is 17.9 Å². The molecule has 0 radical (unpaired) electrons. The predicted octanol–water partition coefficient (Wildman–Crippen LogP) is 3.12. The molecule has 1 amide bonds. The summed E-state index contributed by atoms with van der Waals surface area (Å²) in [6.07, 6.45) is 3.04. The van der Waals surface area contributed by atoms with Crippen LogP contribution in [0.15, 0.2) is 71.6 Å². The maximum Gasteiger partial charge on any atom is 0.412 e. The molecule has 2 aromatic carbocycles. The van der Waals surface area contributed by atoms with Crippen molar-refractivity contribution >= 4 is 27.8 Å². The number of hydrogen-bond acceptors (Lipinski definition) is 6. The van der Waals surface area contributed by atoms with E-state index in [1.807, 2.05) is 18.2 Å². The number of likely N-dealkylation sites (tertiary alicyclic amines) is 1. The van der Waals surface area contributed by atoms with Crippen molar-refractivity contribution in [3.63, 3.8) is 0 Å². The second-order valence-corrected chi connectivity index (χ2v) is 11.0. The summed E-state index contributed by atoms with van der Waals surface area (Å²) >= 11 is 0. The molecule has 176 valence electrons. The highest BCUT2D eigenvalue weighted by atomic mass is 32.2. The third kappa shape index (κ3) is 2.35. The highest BCUT2D eigenvalue weighted by Crippen LogP contribution is 2.68. The number of methoxy groups -OCH3 is 2. The molecule has 0 N–H and O–H groups in total. The number of carbonyl (C=O) groups is 2. The molecule has 2 aliphatic carbocycles. The molecular formula is C25H24N2O6S. The monoisotopic (exact) mass is 480 g/mol. The summed E-state index contributed by atoms with van der Waals surface area (Å²) in [6.45, 7) is 0. The largest absolute Gasteiger partial charge is 0.467 e. The number of nitrogens with zero attached hydrogens (tertiary/aromatic N) is 2. The molecule has 8 nitrogen and oxygen atoms in total. The van der Waals surface area contributed by atoms with E-state index in [0.29, 0.717) is 12.1 Å². The molecular weight excluding hydrogens is 456 g/mol. The molecule has 6 rings (SSSR count). The van der Waals surface area contributed by atoms with Crippen LogP contribution in [0.3, 0.4) is 0 Å². The number of amides is 1. The van der Waals surface area contributed by atoms with E-state index in [9.17, 15) is 18.0 Å². The topological polar surface area (TPSA) is 93.2 Å². The van der Waals surface area contributed by atoms with Gasteiger partial charge in [0.05, 0.1) is 24.8 Å². The SMILES string of the molecule is COC(=O)N1[C@@H]2[C@@H](c3ccccc3N2S(=O)(=O)c2ccccc2)[C@@H]2[C@@H]3C=C[C@@H](C3)[C@@]21C(=O)OC. The van der Waals surface area contributed by atoms with Crippen LogP contribution in [0, 0.1) is 17.8 Å². The average molecular weight is 481 g/mol. The first-order valence-electron chi connectivity index (χ1n) is 11.2. The smallest absolute Gasteiger partial charge is 0.412 e. The molecule has 0 aromatic heterocycles. The zero-order valence-corrected chi connectivity index (χ0v) is 19.5. The van der Waals surface area contributed by atoms with Crippen molar-refractivity contribution in [1.82, 2.24) is 4.90 Å². The summed E-state index contributed by atoms with van der Waals surface area (Å²) in [7, 11) is -1.52. The fourth-order valence-corrected chi connectivity index (χ4v) is 8.60. The van der Waals surface area contributed by atoms with Gasteiger partial charge in [0.2, 0.25) is 0 Å². The zero-order valence-electron chi connectivity index (χ0n) is 18.7. The summed E-state index contributed by atoms with van der Waals surface area (Å²) in [5.74, 6) is -1.56. The third-order valence-electron chi connectivity index (χ3n) is 7.98. The van der Waals surface area contributed by atoms with E-state index in [2.05, 4.69) is 6.08 Å². The lowest BCUT2D eigenvalue weighted by molar-refractivity contribution is -0.157. The Bertz CT molecular complexity index is 1330. The average Bonchev–Trinajstić information content (AvgIpc) is 3.60. The van der Waals surface area contributed by atoms with E-state index in [4.69, 9.17) is 9.47 Å². The minimum Gasteiger partial charge on any atom is -0.467 e. The van der Waals surface area contributed by atoms with Crippen LogP contribution in [-0.2, 0) is 24.3 Å². The van der Waals surface area contributed by atoms with Gasteiger partial charge in [-0.05, 0) is 36.1 Å². The van der Waals surface area contributed by atoms with Crippen molar-refractivity contribution in [2.75, 3.05) is 18.5 Å². The van der Waals surface area contributed by atoms with Crippen molar-refractivity contribution in [2.24, 2.45) is 17.8 Å². The second-order valence-electron chi connectivity index (χ2n) is 9.19. The van der Waals surface area contributed by atoms with Crippen LogP contribution in [-0.4, -0.2) is 51.3 Å². The Labute approximate surface area is 197 Å². The molecule has 1 saturated carbocycles. The molecule has 2 heterocycles. The number of rotatable bonds is 3. The van der Waals surface area contributed by atoms with E-state index in [1.54, 1.807) is 30.3 Å². The Hall–Kier alpha value is -3.33. The summed E-state index contributed by atoms with van der Waals surface area (Å²) in [5, 5.41) is 0. The van der Waals surface area contributed by atoms with E-state index in [-0.39, 0.29) is 22.6 Å². The fourth-order valence-electron chi connectivity index (χ4n) is 6.94. The van der Waals surface area contributed by atoms with Gasteiger partial charge in [-0.3, -0.25) is 4.90 Å². The number of hydrogen-bond donors (Lipinski definition) is 0. The Morgan fingerprint density at radius 1 is 0.971 bits per heavy atom. The van der Waals surface area contributed by atoms with E-state index in [1.165, 1.54) is 35.6 Å². The Kier molecular flexibility index (Phi) is 4.42. The van der Waals surface area contributed by atoms with Crippen molar-refractivity contribution in [2.45, 2.75) is 28.9 Å². The van der Waals surface area contributed by atoms with Crippen molar-refractivity contribution < 1.29 is 27.5 Å². The van der Waals surface area contributed by atoms with Gasteiger partial charge in [0, 0.05) is 17.8 Å². The Morgan fingerprint density at radius 2 is 1.68 bits per heavy atom. The quantitative estimate of drug-likeness (QED) is 0.495. The number of ether oxygens (including phenoxy) is 2. The summed E-state index contributed by atoms with van der Waals surface area (Å²) in [4.78, 5) is 28.4. The molecule has 34 heavy (non-hydrogen) atoms. The van der Waals surface area contributed by atoms with Gasteiger partial charge in [-0.1, -0.05) is 48.6 Å². The number of carbonyl (C=O) groups excluding carboxylic acids is 2. The second kappa shape index (κ2) is 7.09. The molecule has 2 fully saturated rings. The molecule has 0 spiro atoms.